The lowest BCUT2D eigenvalue weighted by Crippen LogP contribution is -2.03. The monoisotopic (exact) mass is 511 g/mol. The summed E-state index contributed by atoms with van der Waals surface area (Å²) >= 11 is 6.03. The van der Waals surface area contributed by atoms with Crippen LogP contribution >= 0.6 is 11.6 Å². The van der Waals surface area contributed by atoms with Gasteiger partial charge in [0.05, 0.1) is 11.3 Å². The van der Waals surface area contributed by atoms with Crippen LogP contribution in [0.25, 0.3) is 11.1 Å². The van der Waals surface area contributed by atoms with Crippen molar-refractivity contribution in [2.75, 3.05) is 5.32 Å². The molecule has 0 aliphatic heterocycles. The van der Waals surface area contributed by atoms with E-state index in [-0.39, 0.29) is 22.3 Å². The van der Waals surface area contributed by atoms with Crippen LogP contribution in [-0.2, 0) is 0 Å². The molecule has 0 radical (unpaired) electrons. The molecule has 0 bridgehead atoms. The number of rotatable bonds is 5. The van der Waals surface area contributed by atoms with Gasteiger partial charge in [0.15, 0.2) is 0 Å². The van der Waals surface area contributed by atoms with Crippen molar-refractivity contribution < 1.29 is 33.7 Å². The number of anilines is 2. The number of hydrogen-bond acceptors (Lipinski definition) is 4. The summed E-state index contributed by atoms with van der Waals surface area (Å²) in [6.07, 6.45) is 0. The van der Waals surface area contributed by atoms with Crippen LogP contribution in [0.5, 0.6) is 5.75 Å². The number of para-hydroxylation sites is 1. The van der Waals surface area contributed by atoms with Gasteiger partial charge in [0.1, 0.15) is 22.9 Å². The van der Waals surface area contributed by atoms with Gasteiger partial charge in [0.2, 0.25) is 0 Å². The summed E-state index contributed by atoms with van der Waals surface area (Å²) in [6.45, 7) is 1.88. The number of benzene rings is 4. The van der Waals surface area contributed by atoms with Crippen molar-refractivity contribution in [2.24, 2.45) is 0 Å². The number of nitrogens with one attached hydrogen (secondary N) is 1. The molecule has 184 valence electrons. The summed E-state index contributed by atoms with van der Waals surface area (Å²) in [6, 6.07) is 18.9. The Kier molecular flexibility index (Phi) is 8.24. The van der Waals surface area contributed by atoms with Crippen molar-refractivity contribution in [1.82, 2.24) is 0 Å². The van der Waals surface area contributed by atoms with Crippen molar-refractivity contribution >= 4 is 34.9 Å². The summed E-state index contributed by atoms with van der Waals surface area (Å²) in [4.78, 5) is 21.9. The molecule has 6 nitrogen and oxygen atoms in total. The molecule has 4 N–H and O–H groups in total. The quantitative estimate of drug-likeness (QED) is 0.227. The van der Waals surface area contributed by atoms with Crippen LogP contribution < -0.4 is 5.32 Å². The predicted molar refractivity (Wildman–Crippen MR) is 133 cm³/mol. The number of carboxylic acids is 2. The number of phenols is 1. The van der Waals surface area contributed by atoms with E-state index in [0.29, 0.717) is 16.8 Å². The summed E-state index contributed by atoms with van der Waals surface area (Å²) in [5.41, 5.74) is 2.46. The van der Waals surface area contributed by atoms with E-state index in [4.69, 9.17) is 21.8 Å². The normalized spacial score (nSPS) is 10.2. The van der Waals surface area contributed by atoms with Crippen molar-refractivity contribution in [3.8, 4) is 16.9 Å². The molecule has 0 saturated heterocycles. The average molecular weight is 512 g/mol. The van der Waals surface area contributed by atoms with E-state index in [0.717, 1.165) is 29.4 Å². The number of aromatic carboxylic acids is 2. The van der Waals surface area contributed by atoms with E-state index in [2.05, 4.69) is 5.32 Å². The smallest absolute Gasteiger partial charge is 0.339 e. The van der Waals surface area contributed by atoms with Gasteiger partial charge in [-0.2, -0.15) is 0 Å². The second-order valence-electron chi connectivity index (χ2n) is 7.55. The second kappa shape index (κ2) is 11.3. The predicted octanol–water partition coefficient (Wildman–Crippen LogP) is 7.13. The lowest BCUT2D eigenvalue weighted by Gasteiger charge is -2.12. The molecule has 0 aromatic heterocycles. The van der Waals surface area contributed by atoms with Crippen molar-refractivity contribution in [1.29, 1.82) is 0 Å². The van der Waals surface area contributed by atoms with Gasteiger partial charge in [0.25, 0.3) is 0 Å². The Bertz CT molecular complexity index is 1440. The topological polar surface area (TPSA) is 107 Å². The van der Waals surface area contributed by atoms with Crippen LogP contribution in [0.2, 0.25) is 5.02 Å². The first-order chi connectivity index (χ1) is 17.1. The third-order valence-electron chi connectivity index (χ3n) is 5.16. The van der Waals surface area contributed by atoms with Gasteiger partial charge in [-0.15, -0.1) is 0 Å². The third kappa shape index (κ3) is 6.17. The number of carboxylic acid groups (broad SMARTS) is 2. The van der Waals surface area contributed by atoms with E-state index in [1.54, 1.807) is 30.3 Å². The van der Waals surface area contributed by atoms with Crippen LogP contribution in [-0.4, -0.2) is 27.3 Å². The highest BCUT2D eigenvalue weighted by atomic mass is 35.5. The first-order valence-corrected chi connectivity index (χ1v) is 10.8. The van der Waals surface area contributed by atoms with Crippen LogP contribution in [0.4, 0.5) is 20.2 Å². The Hall–Kier alpha value is -4.43. The molecule has 0 unspecified atom stereocenters. The molecule has 0 atom stereocenters. The highest BCUT2D eigenvalue weighted by Gasteiger charge is 2.13. The Morgan fingerprint density at radius 3 is 2.14 bits per heavy atom. The molecular formula is C27H20ClF2NO5. The average Bonchev–Trinajstić information content (AvgIpc) is 2.83. The maximum absolute atomic E-state index is 13.5. The first kappa shape index (κ1) is 26.2. The summed E-state index contributed by atoms with van der Waals surface area (Å²) in [7, 11) is 0. The van der Waals surface area contributed by atoms with Gasteiger partial charge >= 0.3 is 11.9 Å². The molecule has 0 heterocycles. The molecule has 0 aliphatic rings. The first-order valence-electron chi connectivity index (χ1n) is 10.4. The van der Waals surface area contributed by atoms with Crippen molar-refractivity contribution in [2.45, 2.75) is 6.92 Å². The molecule has 0 aliphatic carbocycles. The van der Waals surface area contributed by atoms with E-state index in [1.165, 1.54) is 12.1 Å². The second-order valence-corrected chi connectivity index (χ2v) is 7.96. The Balaban J connectivity index is 0.000000201. The molecule has 9 heteroatoms. The zero-order valence-corrected chi connectivity index (χ0v) is 19.6. The molecule has 36 heavy (non-hydrogen) atoms. The number of carbonyl (C=O) groups is 2. The van der Waals surface area contributed by atoms with Crippen LogP contribution in [0.15, 0.2) is 78.9 Å². The fourth-order valence-corrected chi connectivity index (χ4v) is 3.44. The van der Waals surface area contributed by atoms with Gasteiger partial charge in [-0.3, -0.25) is 0 Å². The Morgan fingerprint density at radius 1 is 0.806 bits per heavy atom. The Morgan fingerprint density at radius 2 is 1.47 bits per heavy atom. The molecule has 4 aromatic rings. The standard InChI is InChI=1S/C14H12ClNO2.C13H8F2O3/c1-9-11(15)6-4-8-12(9)16-13-7-3-2-5-10(13)14(17)18;14-8-2-3-9(11(15)6-8)7-1-4-12(16)10(5-7)13(17)18/h2-8,16H,1H3,(H,17,18);1-6,16H,(H,17,18). The van der Waals surface area contributed by atoms with E-state index < -0.39 is 29.3 Å². The molecule has 4 rings (SSSR count). The molecular weight excluding hydrogens is 492 g/mol. The Labute approximate surface area is 210 Å². The van der Waals surface area contributed by atoms with Gasteiger partial charge < -0.3 is 20.6 Å². The molecule has 0 fully saturated rings. The van der Waals surface area contributed by atoms with E-state index in [1.807, 2.05) is 19.1 Å². The molecule has 4 aromatic carbocycles. The van der Waals surface area contributed by atoms with Crippen molar-refractivity contribution in [3.05, 3.63) is 112 Å². The highest BCUT2D eigenvalue weighted by Crippen LogP contribution is 2.29. The molecule has 0 spiro atoms. The van der Waals surface area contributed by atoms with Gasteiger partial charge in [-0.05, 0) is 66.6 Å². The van der Waals surface area contributed by atoms with Gasteiger partial charge in [-0.1, -0.05) is 35.9 Å². The van der Waals surface area contributed by atoms with Crippen LogP contribution in [0.3, 0.4) is 0 Å². The highest BCUT2D eigenvalue weighted by molar-refractivity contribution is 6.31. The zero-order chi connectivity index (χ0) is 26.4. The minimum absolute atomic E-state index is 0.0684. The number of halogens is 3. The summed E-state index contributed by atoms with van der Waals surface area (Å²) in [5, 5.41) is 31.0. The fourth-order valence-electron chi connectivity index (χ4n) is 3.27. The maximum Gasteiger partial charge on any atom is 0.339 e. The third-order valence-corrected chi connectivity index (χ3v) is 5.57. The van der Waals surface area contributed by atoms with Crippen LogP contribution in [0.1, 0.15) is 26.3 Å². The summed E-state index contributed by atoms with van der Waals surface area (Å²) in [5.74, 6) is -4.20. The fraction of sp³-hybridized carbons (Fsp3) is 0.0370. The number of hydrogen-bond donors (Lipinski definition) is 4. The SMILES string of the molecule is Cc1c(Cl)cccc1Nc1ccccc1C(=O)O.O=C(O)c1cc(-c2ccc(F)cc2F)ccc1O. The lowest BCUT2D eigenvalue weighted by atomic mass is 10.0. The van der Waals surface area contributed by atoms with Crippen LogP contribution in [0, 0.1) is 18.6 Å². The van der Waals surface area contributed by atoms with Crippen molar-refractivity contribution in [3.63, 3.8) is 0 Å². The van der Waals surface area contributed by atoms with E-state index in [9.17, 15) is 23.5 Å². The van der Waals surface area contributed by atoms with Gasteiger partial charge in [-0.25, -0.2) is 18.4 Å². The van der Waals surface area contributed by atoms with Gasteiger partial charge in [0, 0.05) is 22.3 Å². The molecule has 0 amide bonds. The lowest BCUT2D eigenvalue weighted by molar-refractivity contribution is 0.0684. The maximum atomic E-state index is 13.5. The minimum atomic E-state index is -1.32. The molecule has 0 saturated carbocycles. The zero-order valence-electron chi connectivity index (χ0n) is 18.8. The summed E-state index contributed by atoms with van der Waals surface area (Å²) < 4.78 is 26.3. The largest absolute Gasteiger partial charge is 0.507 e. The van der Waals surface area contributed by atoms with E-state index >= 15 is 0 Å². The number of aromatic hydroxyl groups is 1. The minimum Gasteiger partial charge on any atom is -0.507 e.